The lowest BCUT2D eigenvalue weighted by Gasteiger charge is -2.16. The van der Waals surface area contributed by atoms with Crippen molar-refractivity contribution in [3.05, 3.63) is 79.9 Å². The van der Waals surface area contributed by atoms with Gasteiger partial charge in [-0.1, -0.05) is 44.2 Å². The molecule has 1 amide bonds. The first-order chi connectivity index (χ1) is 15.8. The van der Waals surface area contributed by atoms with Gasteiger partial charge in [-0.3, -0.25) is 24.6 Å². The van der Waals surface area contributed by atoms with Crippen LogP contribution in [0, 0.1) is 11.3 Å². The number of benzene rings is 2. The van der Waals surface area contributed by atoms with Crippen LogP contribution < -0.4 is 21.8 Å². The molecule has 0 fully saturated rings. The lowest BCUT2D eigenvalue weighted by molar-refractivity contribution is 0.0824. The number of nitriles is 1. The number of nitrogens with zero attached hydrogens (tertiary/aromatic N) is 2. The number of aromatic hydroxyl groups is 1. The maximum Gasteiger partial charge on any atom is 0.288 e. The smallest absolute Gasteiger partial charge is 0.288 e. The van der Waals surface area contributed by atoms with E-state index in [4.69, 9.17) is 0 Å². The number of phenolic OH excluding ortho intramolecular Hbond substituents is 1. The van der Waals surface area contributed by atoms with Crippen LogP contribution in [-0.2, 0) is 6.54 Å². The minimum Gasteiger partial charge on any atom is -0.505 e. The van der Waals surface area contributed by atoms with Crippen LogP contribution in [0.1, 0.15) is 35.3 Å². The van der Waals surface area contributed by atoms with E-state index in [1.54, 1.807) is 0 Å². The number of rotatable bonds is 6. The molecule has 1 heterocycles. The van der Waals surface area contributed by atoms with Gasteiger partial charge in [0.05, 0.1) is 22.9 Å². The minimum absolute atomic E-state index is 0.0603. The van der Waals surface area contributed by atoms with E-state index in [1.165, 1.54) is 31.1 Å². The second-order valence-electron chi connectivity index (χ2n) is 6.85. The van der Waals surface area contributed by atoms with E-state index < -0.39 is 22.8 Å². The lowest BCUT2D eigenvalue weighted by Crippen LogP contribution is -2.26. The molecule has 0 unspecified atom stereocenters. The number of nitrogens with one attached hydrogen (secondary N) is 4. The molecule has 2 aromatic carbocycles. The SMILES string of the molecule is CC.CN(C)C(=O)c1cc(C#N)cc(Nc2c(NCc3ccccc3)c(=O)[nH][nH]c2=O)c1O. The normalized spacial score (nSPS) is 9.79. The molecule has 0 saturated heterocycles. The first kappa shape index (κ1) is 24.7. The van der Waals surface area contributed by atoms with Crippen LogP contribution in [0.3, 0.4) is 0 Å². The van der Waals surface area contributed by atoms with Crippen LogP contribution in [0.4, 0.5) is 17.1 Å². The number of hydrogen-bond donors (Lipinski definition) is 5. The first-order valence-corrected chi connectivity index (χ1v) is 10.2. The summed E-state index contributed by atoms with van der Waals surface area (Å²) in [6, 6.07) is 13.7. The zero-order valence-corrected chi connectivity index (χ0v) is 18.8. The molecule has 10 nitrogen and oxygen atoms in total. The van der Waals surface area contributed by atoms with Crippen molar-refractivity contribution < 1.29 is 9.90 Å². The maximum atomic E-state index is 12.5. The maximum absolute atomic E-state index is 12.5. The van der Waals surface area contributed by atoms with E-state index >= 15 is 0 Å². The minimum atomic E-state index is -0.669. The second-order valence-corrected chi connectivity index (χ2v) is 6.85. The number of carbonyl (C=O) groups is 1. The van der Waals surface area contributed by atoms with Gasteiger partial charge in [0.2, 0.25) is 0 Å². The molecular formula is C23H26N6O4. The fourth-order valence-corrected chi connectivity index (χ4v) is 2.87. The van der Waals surface area contributed by atoms with E-state index in [2.05, 4.69) is 20.8 Å². The number of phenols is 1. The van der Waals surface area contributed by atoms with Crippen molar-refractivity contribution >= 4 is 23.0 Å². The van der Waals surface area contributed by atoms with Crippen molar-refractivity contribution in [2.24, 2.45) is 0 Å². The van der Waals surface area contributed by atoms with Gasteiger partial charge in [0, 0.05) is 20.6 Å². The molecule has 0 aliphatic carbocycles. The molecule has 0 spiro atoms. The summed E-state index contributed by atoms with van der Waals surface area (Å²) >= 11 is 0. The second kappa shape index (κ2) is 11.2. The molecule has 0 atom stereocenters. The summed E-state index contributed by atoms with van der Waals surface area (Å²) in [5.74, 6) is -0.980. The van der Waals surface area contributed by atoms with Gasteiger partial charge in [0.25, 0.3) is 17.0 Å². The van der Waals surface area contributed by atoms with Gasteiger partial charge in [0.1, 0.15) is 11.4 Å². The number of aromatic amines is 2. The molecule has 5 N–H and O–H groups in total. The van der Waals surface area contributed by atoms with Crippen molar-refractivity contribution in [2.75, 3.05) is 24.7 Å². The Labute approximate surface area is 190 Å². The highest BCUT2D eigenvalue weighted by molar-refractivity contribution is 5.99. The van der Waals surface area contributed by atoms with Gasteiger partial charge >= 0.3 is 0 Å². The van der Waals surface area contributed by atoms with Crippen molar-refractivity contribution in [3.8, 4) is 11.8 Å². The van der Waals surface area contributed by atoms with Gasteiger partial charge in [0.15, 0.2) is 5.75 Å². The molecule has 172 valence electrons. The average Bonchev–Trinajstić information content (AvgIpc) is 2.83. The number of hydrogen-bond acceptors (Lipinski definition) is 7. The zero-order valence-electron chi connectivity index (χ0n) is 18.8. The standard InChI is InChI=1S/C21H20N6O4.C2H6/c1-27(2)21(31)14-8-13(10-22)9-15(18(14)28)24-17-16(19(29)25-26-20(17)30)23-11-12-6-4-3-5-7-12;1-2/h3-9,28H,11H2,1-2H3,(H2,23,26,30)(H2,24,25,29);1-2H3. The summed E-state index contributed by atoms with van der Waals surface area (Å²) in [5.41, 5.74) is -0.722. The largest absolute Gasteiger partial charge is 0.505 e. The number of aromatic nitrogens is 2. The topological polar surface area (TPSA) is 154 Å². The zero-order chi connectivity index (χ0) is 24.5. The molecule has 3 aromatic rings. The number of amides is 1. The summed E-state index contributed by atoms with van der Waals surface area (Å²) in [6.45, 7) is 4.26. The summed E-state index contributed by atoms with van der Waals surface area (Å²) in [5, 5.41) is 30.0. The molecule has 1 aromatic heterocycles. The third kappa shape index (κ3) is 5.80. The number of carbonyl (C=O) groups excluding carboxylic acids is 1. The van der Waals surface area contributed by atoms with Gasteiger partial charge in [-0.2, -0.15) is 5.26 Å². The molecule has 10 heteroatoms. The highest BCUT2D eigenvalue weighted by Crippen LogP contribution is 2.33. The molecule has 0 bridgehead atoms. The Morgan fingerprint density at radius 3 is 2.24 bits per heavy atom. The summed E-state index contributed by atoms with van der Waals surface area (Å²) in [6.07, 6.45) is 0. The highest BCUT2D eigenvalue weighted by Gasteiger charge is 2.20. The quantitative estimate of drug-likeness (QED) is 0.362. The Morgan fingerprint density at radius 1 is 1.06 bits per heavy atom. The molecule has 0 aliphatic rings. The van der Waals surface area contributed by atoms with E-state index in [0.717, 1.165) is 5.56 Å². The first-order valence-electron chi connectivity index (χ1n) is 10.2. The number of anilines is 3. The fourth-order valence-electron chi connectivity index (χ4n) is 2.87. The monoisotopic (exact) mass is 450 g/mol. The lowest BCUT2D eigenvalue weighted by atomic mass is 10.1. The number of H-pyrrole nitrogens is 2. The van der Waals surface area contributed by atoms with Crippen molar-refractivity contribution in [1.29, 1.82) is 5.26 Å². The summed E-state index contributed by atoms with van der Waals surface area (Å²) in [7, 11) is 3.00. The van der Waals surface area contributed by atoms with Crippen LogP contribution in [0.15, 0.2) is 52.1 Å². The molecular weight excluding hydrogens is 424 g/mol. The van der Waals surface area contributed by atoms with E-state index in [0.29, 0.717) is 0 Å². The Kier molecular flexibility index (Phi) is 8.40. The van der Waals surface area contributed by atoms with Gasteiger partial charge in [-0.15, -0.1) is 0 Å². The van der Waals surface area contributed by atoms with Crippen LogP contribution in [0.5, 0.6) is 5.75 Å². The van der Waals surface area contributed by atoms with Crippen LogP contribution in [0.25, 0.3) is 0 Å². The Balaban J connectivity index is 0.00000187. The average molecular weight is 450 g/mol. The van der Waals surface area contributed by atoms with Gasteiger partial charge < -0.3 is 20.6 Å². The Bertz CT molecular complexity index is 1270. The van der Waals surface area contributed by atoms with E-state index in [-0.39, 0.29) is 34.7 Å². The molecule has 0 radical (unpaired) electrons. The predicted molar refractivity (Wildman–Crippen MR) is 127 cm³/mol. The molecule has 3 rings (SSSR count). The van der Waals surface area contributed by atoms with Gasteiger partial charge in [-0.25, -0.2) is 0 Å². The van der Waals surface area contributed by atoms with Gasteiger partial charge in [-0.05, 0) is 17.7 Å². The third-order valence-electron chi connectivity index (χ3n) is 4.44. The van der Waals surface area contributed by atoms with Crippen molar-refractivity contribution in [2.45, 2.75) is 20.4 Å². The van der Waals surface area contributed by atoms with Crippen LogP contribution in [-0.4, -0.2) is 40.2 Å². The predicted octanol–water partition coefficient (Wildman–Crippen LogP) is 2.72. The molecule has 33 heavy (non-hydrogen) atoms. The van der Waals surface area contributed by atoms with E-state index in [1.807, 2.05) is 50.2 Å². The van der Waals surface area contributed by atoms with E-state index in [9.17, 15) is 24.8 Å². The summed E-state index contributed by atoms with van der Waals surface area (Å²) < 4.78 is 0. The molecule has 0 saturated carbocycles. The van der Waals surface area contributed by atoms with Crippen molar-refractivity contribution in [3.63, 3.8) is 0 Å². The van der Waals surface area contributed by atoms with Crippen molar-refractivity contribution in [1.82, 2.24) is 15.1 Å². The summed E-state index contributed by atoms with van der Waals surface area (Å²) in [4.78, 5) is 38.4. The Morgan fingerprint density at radius 2 is 1.67 bits per heavy atom. The molecule has 0 aliphatic heterocycles. The fraction of sp³-hybridized carbons (Fsp3) is 0.217. The van der Waals surface area contributed by atoms with Crippen LogP contribution >= 0.6 is 0 Å². The highest BCUT2D eigenvalue weighted by atomic mass is 16.3. The Hall–Kier alpha value is -4.52. The van der Waals surface area contributed by atoms with Crippen LogP contribution in [0.2, 0.25) is 0 Å². The third-order valence-corrected chi connectivity index (χ3v) is 4.44.